The minimum Gasteiger partial charge on any atom is -1.00 e. The summed E-state index contributed by atoms with van der Waals surface area (Å²) in [4.78, 5) is 28.2. The Kier molecular flexibility index (Phi) is 20.4. The Balaban J connectivity index is 0.00000423. The van der Waals surface area contributed by atoms with Crippen LogP contribution in [0.25, 0.3) is 0 Å². The molecule has 8 heteroatoms. The molecule has 0 bridgehead atoms. The molecule has 10 atom stereocenters. The fraction of sp³-hybridized carbons (Fsp3) is 0.474. The molecule has 4 nitrogen and oxygen atoms in total. The largest absolute Gasteiger partial charge is 1.00 e. The van der Waals surface area contributed by atoms with Gasteiger partial charge in [0.25, 0.3) is 0 Å². The van der Waals surface area contributed by atoms with E-state index in [2.05, 4.69) is 230 Å². The minimum atomic E-state index is -1.95. The molecule has 0 spiro atoms. The van der Waals surface area contributed by atoms with Crippen molar-refractivity contribution in [2.75, 3.05) is 18.9 Å². The van der Waals surface area contributed by atoms with E-state index in [0.717, 1.165) is 70.1 Å². The molecule has 6 aromatic rings. The summed E-state index contributed by atoms with van der Waals surface area (Å²) in [5.74, 6) is 2.57. The number of unbranched alkanes of at least 4 members (excludes halogenated alkanes) is 2. The van der Waals surface area contributed by atoms with E-state index < -0.39 is 14.5 Å². The van der Waals surface area contributed by atoms with Crippen molar-refractivity contribution < 1.29 is 53.0 Å². The van der Waals surface area contributed by atoms with Crippen molar-refractivity contribution in [2.45, 2.75) is 150 Å². The first kappa shape index (κ1) is 64.3. The lowest BCUT2D eigenvalue weighted by Crippen LogP contribution is -3.00. The third kappa shape index (κ3) is 11.6. The molecule has 0 aliphatic heterocycles. The minimum absolute atomic E-state index is 0. The molecule has 0 N–H and O–H groups in total. The Bertz CT molecular complexity index is 2930. The molecule has 446 valence electrons. The summed E-state index contributed by atoms with van der Waals surface area (Å²) in [6.45, 7) is 20.5. The van der Waals surface area contributed by atoms with Crippen LogP contribution in [0.1, 0.15) is 144 Å². The van der Waals surface area contributed by atoms with Crippen LogP contribution >= 0.6 is 14.5 Å². The van der Waals surface area contributed by atoms with Gasteiger partial charge in [0.2, 0.25) is 0 Å². The molecule has 5 aliphatic rings. The Morgan fingerprint density at radius 1 is 0.476 bits per heavy atom. The average Bonchev–Trinajstić information content (AvgIpc) is 1.01. The second-order valence-corrected chi connectivity index (χ2v) is 34.8. The van der Waals surface area contributed by atoms with Gasteiger partial charge < -0.3 is 43.4 Å². The molecule has 0 saturated heterocycles. The summed E-state index contributed by atoms with van der Waals surface area (Å²) in [5, 5.41) is 8.36. The first-order valence-corrected chi connectivity index (χ1v) is 35.7. The zero-order chi connectivity index (χ0) is 57.2. The van der Waals surface area contributed by atoms with Crippen LogP contribution in [0.2, 0.25) is 0 Å². The van der Waals surface area contributed by atoms with E-state index in [1.54, 1.807) is 0 Å². The smallest absolute Gasteiger partial charge is 0.306 e. The summed E-state index contributed by atoms with van der Waals surface area (Å²) < 4.78 is 13.3. The van der Waals surface area contributed by atoms with Crippen molar-refractivity contribution in [1.29, 1.82) is 0 Å². The maximum atomic E-state index is 14.1. The fourth-order valence-electron chi connectivity index (χ4n) is 19.2. The molecule has 0 heterocycles. The zero-order valence-corrected chi connectivity index (χ0v) is 56.2. The predicted octanol–water partition coefficient (Wildman–Crippen LogP) is 10.4. The van der Waals surface area contributed by atoms with Gasteiger partial charge in [0.15, 0.2) is 0 Å². The molecular weight excluding hydrogens is 1200 g/mol. The number of carbonyl (C=O) groups excluding carboxylic acids is 2. The van der Waals surface area contributed by atoms with E-state index in [0.29, 0.717) is 49.0 Å². The molecule has 5 aliphatic carbocycles. The third-order valence-electron chi connectivity index (χ3n) is 23.4. The lowest BCUT2D eigenvalue weighted by atomic mass is 9.32. The molecule has 0 radical (unpaired) electrons. The molecular formula is C76H94Br2O4P2. The lowest BCUT2D eigenvalue weighted by molar-refractivity contribution is -0.252. The van der Waals surface area contributed by atoms with Crippen LogP contribution in [0, 0.1) is 56.7 Å². The van der Waals surface area contributed by atoms with Crippen molar-refractivity contribution in [1.82, 2.24) is 0 Å². The Labute approximate surface area is 527 Å². The number of hydrogen-bond donors (Lipinski definition) is 0. The van der Waals surface area contributed by atoms with Gasteiger partial charge in [0, 0.05) is 23.7 Å². The van der Waals surface area contributed by atoms with Crippen LogP contribution in [-0.4, -0.2) is 37.0 Å². The van der Waals surface area contributed by atoms with Crippen LogP contribution in [0.3, 0.4) is 0 Å². The number of carbonyl (C=O) groups is 2. The topological polar surface area (TPSA) is 52.6 Å². The first-order valence-electron chi connectivity index (χ1n) is 31.7. The van der Waals surface area contributed by atoms with E-state index in [-0.39, 0.29) is 79.1 Å². The molecule has 84 heavy (non-hydrogen) atoms. The van der Waals surface area contributed by atoms with Crippen LogP contribution < -0.4 is 65.8 Å². The summed E-state index contributed by atoms with van der Waals surface area (Å²) in [7, 11) is -3.91. The second kappa shape index (κ2) is 26.7. The highest BCUT2D eigenvalue weighted by molar-refractivity contribution is 7.96. The number of benzene rings is 6. The monoisotopic (exact) mass is 1290 g/mol. The molecule has 0 unspecified atom stereocenters. The summed E-state index contributed by atoms with van der Waals surface area (Å²) >= 11 is 0. The fourth-order valence-corrected chi connectivity index (χ4v) is 28.1. The molecule has 5 saturated carbocycles. The van der Waals surface area contributed by atoms with Crippen molar-refractivity contribution in [2.24, 2.45) is 56.7 Å². The summed E-state index contributed by atoms with van der Waals surface area (Å²) in [5.41, 5.74) is 1.76. The standard InChI is InChI=1S/C76H94O4P2.2BrH/c1-57(2)64-46-51-76(56-79-69(77)42-26-28-54-81(58-30-14-8-15-31-58,59-32-16-9-17-33-59)60-34-18-10-19-35-60)53-52-74(6)65(71(64)76)44-45-67-73(5)49-48-68(72(3,4)66(73)47-50-75(67,74)7)80-70(78)43-27-29-55-82(61-36-20-11-21-37-61,62-38-22-12-23-39-62)63-40-24-13-25-41-63;;/h8-25,30-41,64-68,71H,1,26-29,42-56H2,2-7H3;2*1H/q+2;;/p-2/t64-,65+,66-,67+,68-,71+,73-,74+,75+,76+;;/m0../s1. The highest BCUT2D eigenvalue weighted by Crippen LogP contribution is 2.78. The average molecular weight is 1290 g/mol. The van der Waals surface area contributed by atoms with E-state index in [1.807, 2.05) is 0 Å². The van der Waals surface area contributed by atoms with E-state index in [1.165, 1.54) is 69.5 Å². The Morgan fingerprint density at radius 3 is 1.33 bits per heavy atom. The van der Waals surface area contributed by atoms with E-state index in [4.69, 9.17) is 9.47 Å². The van der Waals surface area contributed by atoms with Crippen molar-refractivity contribution in [3.8, 4) is 0 Å². The zero-order valence-electron chi connectivity index (χ0n) is 51.2. The predicted molar refractivity (Wildman–Crippen MR) is 348 cm³/mol. The number of hydrogen-bond acceptors (Lipinski definition) is 4. The maximum Gasteiger partial charge on any atom is 0.306 e. The van der Waals surface area contributed by atoms with Crippen LogP contribution in [0.5, 0.6) is 0 Å². The quantitative estimate of drug-likeness (QED) is 0.0331. The number of esters is 2. The van der Waals surface area contributed by atoms with Gasteiger partial charge in [-0.3, -0.25) is 9.59 Å². The maximum absolute atomic E-state index is 14.1. The highest BCUT2D eigenvalue weighted by Gasteiger charge is 2.71. The summed E-state index contributed by atoms with van der Waals surface area (Å²) in [6, 6.07) is 66.6. The van der Waals surface area contributed by atoms with Crippen LogP contribution in [-0.2, 0) is 19.1 Å². The van der Waals surface area contributed by atoms with Gasteiger partial charge in [-0.05, 0) is 215 Å². The SMILES string of the molecule is C=C(C)[C@@H]1CC[C@]2(COC(=O)CCCC[P+](c3ccccc3)(c3ccccc3)c3ccccc3)CC[C@]3(C)[C@H](CC[C@@H]4[C@@]5(C)CC[C@H](OC(=O)CCCC[P+](c6ccccc6)(c6ccccc6)c6ccccc6)C(C)(C)[C@@H]5CC[C@]43C)[C@@H]12.[Br-].[Br-]. The van der Waals surface area contributed by atoms with Gasteiger partial charge in [-0.15, -0.1) is 0 Å². The highest BCUT2D eigenvalue weighted by atomic mass is 79.9. The molecule has 0 amide bonds. The van der Waals surface area contributed by atoms with Gasteiger partial charge >= 0.3 is 11.9 Å². The molecule has 5 fully saturated rings. The normalized spacial score (nSPS) is 28.5. The number of rotatable bonds is 20. The van der Waals surface area contributed by atoms with Crippen molar-refractivity contribution >= 4 is 58.3 Å². The lowest BCUT2D eigenvalue weighted by Gasteiger charge is -2.73. The van der Waals surface area contributed by atoms with E-state index >= 15 is 0 Å². The molecule has 6 aromatic carbocycles. The number of halogens is 2. The van der Waals surface area contributed by atoms with Crippen LogP contribution in [0.15, 0.2) is 194 Å². The van der Waals surface area contributed by atoms with Crippen LogP contribution in [0.4, 0.5) is 0 Å². The summed E-state index contributed by atoms with van der Waals surface area (Å²) in [6.07, 6.45) is 18.0. The number of fused-ring (bicyclic) bond motifs is 7. The van der Waals surface area contributed by atoms with Gasteiger partial charge in [-0.25, -0.2) is 0 Å². The molecule has 0 aromatic heterocycles. The van der Waals surface area contributed by atoms with E-state index in [9.17, 15) is 9.59 Å². The van der Waals surface area contributed by atoms with Gasteiger partial charge in [0.1, 0.15) is 52.5 Å². The number of ether oxygens (including phenoxy) is 2. The second-order valence-electron chi connectivity index (χ2n) is 27.5. The third-order valence-corrected chi connectivity index (χ3v) is 32.5. The van der Waals surface area contributed by atoms with Crippen molar-refractivity contribution in [3.63, 3.8) is 0 Å². The number of allylic oxidation sites excluding steroid dienone is 1. The Hall–Kier alpha value is -4.18. The molecule has 11 rings (SSSR count). The van der Waals surface area contributed by atoms with Gasteiger partial charge in [-0.1, -0.05) is 156 Å². The first-order chi connectivity index (χ1) is 39.6. The van der Waals surface area contributed by atoms with Crippen molar-refractivity contribution in [3.05, 3.63) is 194 Å². The van der Waals surface area contributed by atoms with Gasteiger partial charge in [-0.2, -0.15) is 0 Å². The van der Waals surface area contributed by atoms with Gasteiger partial charge in [0.05, 0.1) is 18.9 Å². The Morgan fingerprint density at radius 2 is 0.905 bits per heavy atom.